The first-order chi connectivity index (χ1) is 15.0. The molecule has 0 saturated carbocycles. The highest BCUT2D eigenvalue weighted by atomic mass is 32.1. The van der Waals surface area contributed by atoms with Crippen molar-refractivity contribution in [3.05, 3.63) is 70.9 Å². The lowest BCUT2D eigenvalue weighted by Crippen LogP contribution is -2.24. The Morgan fingerprint density at radius 3 is 2.77 bits per heavy atom. The van der Waals surface area contributed by atoms with Gasteiger partial charge in [-0.1, -0.05) is 18.2 Å². The number of thiophene rings is 1. The number of carboxylic acids is 1. The molecule has 160 valence electrons. The normalized spacial score (nSPS) is 12.2. The van der Waals surface area contributed by atoms with Gasteiger partial charge in [-0.05, 0) is 53.6 Å². The Morgan fingerprint density at radius 2 is 2.03 bits per heavy atom. The Bertz CT molecular complexity index is 1180. The number of aromatic nitrogens is 1. The van der Waals surface area contributed by atoms with Crippen LogP contribution in [0.15, 0.2) is 58.3 Å². The molecule has 0 saturated heterocycles. The molecule has 2 heterocycles. The minimum absolute atomic E-state index is 0.281. The van der Waals surface area contributed by atoms with Crippen molar-refractivity contribution >= 4 is 27.4 Å². The summed E-state index contributed by atoms with van der Waals surface area (Å²) in [5.74, 6) is 1.11. The van der Waals surface area contributed by atoms with Gasteiger partial charge in [0.05, 0.1) is 12.3 Å². The number of benzene rings is 2. The number of rotatable bonds is 9. The highest BCUT2D eigenvalue weighted by Crippen LogP contribution is 2.31. The van der Waals surface area contributed by atoms with Crippen LogP contribution in [0.3, 0.4) is 0 Å². The molecule has 0 spiro atoms. The summed E-state index contributed by atoms with van der Waals surface area (Å²) in [6, 6.07) is 15.7. The van der Waals surface area contributed by atoms with Crippen LogP contribution in [0.2, 0.25) is 0 Å². The SMILES string of the molecule is COC(Cc1cc(OCCc2nc(-c3ccccc3)oc2C)cc2ccsc12)C(=O)O. The number of aliphatic carboxylic acids is 1. The molecule has 6 nitrogen and oxygen atoms in total. The molecule has 4 aromatic rings. The third-order valence-electron chi connectivity index (χ3n) is 5.09. The van der Waals surface area contributed by atoms with Crippen molar-refractivity contribution in [3.8, 4) is 17.2 Å². The van der Waals surface area contributed by atoms with E-state index in [4.69, 9.17) is 13.9 Å². The molecule has 2 aromatic heterocycles. The molecule has 0 bridgehead atoms. The summed E-state index contributed by atoms with van der Waals surface area (Å²) < 4.78 is 18.0. The number of ether oxygens (including phenoxy) is 2. The molecule has 7 heteroatoms. The second-order valence-corrected chi connectivity index (χ2v) is 8.09. The molecule has 1 atom stereocenters. The van der Waals surface area contributed by atoms with E-state index in [0.29, 0.717) is 24.7 Å². The van der Waals surface area contributed by atoms with Gasteiger partial charge in [-0.15, -0.1) is 11.3 Å². The number of fused-ring (bicyclic) bond motifs is 1. The van der Waals surface area contributed by atoms with E-state index < -0.39 is 12.1 Å². The number of methoxy groups -OCH3 is 1. The molecule has 0 fully saturated rings. The van der Waals surface area contributed by atoms with Crippen LogP contribution in [0.1, 0.15) is 17.0 Å². The van der Waals surface area contributed by atoms with Crippen LogP contribution in [0.5, 0.6) is 5.75 Å². The van der Waals surface area contributed by atoms with E-state index in [1.807, 2.05) is 60.8 Å². The van der Waals surface area contributed by atoms with E-state index >= 15 is 0 Å². The number of oxazole rings is 1. The molecule has 1 unspecified atom stereocenters. The Morgan fingerprint density at radius 1 is 1.23 bits per heavy atom. The largest absolute Gasteiger partial charge is 0.493 e. The number of nitrogens with zero attached hydrogens (tertiary/aromatic N) is 1. The van der Waals surface area contributed by atoms with E-state index in [2.05, 4.69) is 4.98 Å². The highest BCUT2D eigenvalue weighted by Gasteiger charge is 2.19. The molecular formula is C24H23NO5S. The summed E-state index contributed by atoms with van der Waals surface area (Å²) in [5, 5.41) is 12.4. The quantitative estimate of drug-likeness (QED) is 0.391. The predicted octanol–water partition coefficient (Wildman–Crippen LogP) is 5.13. The first-order valence-electron chi connectivity index (χ1n) is 9.95. The van der Waals surface area contributed by atoms with Crippen molar-refractivity contribution in [2.75, 3.05) is 13.7 Å². The van der Waals surface area contributed by atoms with Crippen molar-refractivity contribution in [1.29, 1.82) is 0 Å². The van der Waals surface area contributed by atoms with Gasteiger partial charge in [0.2, 0.25) is 5.89 Å². The molecule has 2 aromatic carbocycles. The molecular weight excluding hydrogens is 414 g/mol. The van der Waals surface area contributed by atoms with Crippen molar-refractivity contribution in [2.45, 2.75) is 25.9 Å². The lowest BCUT2D eigenvalue weighted by molar-refractivity contribution is -0.148. The van der Waals surface area contributed by atoms with Crippen LogP contribution < -0.4 is 4.74 Å². The van der Waals surface area contributed by atoms with Crippen LogP contribution >= 0.6 is 11.3 Å². The topological polar surface area (TPSA) is 81.8 Å². The van der Waals surface area contributed by atoms with Crippen LogP contribution in [0, 0.1) is 6.92 Å². The second-order valence-electron chi connectivity index (χ2n) is 7.17. The third kappa shape index (κ3) is 4.78. The Hall–Kier alpha value is -3.16. The van der Waals surface area contributed by atoms with E-state index in [0.717, 1.165) is 32.7 Å². The maximum absolute atomic E-state index is 11.4. The summed E-state index contributed by atoms with van der Waals surface area (Å²) in [4.78, 5) is 16.0. The fourth-order valence-electron chi connectivity index (χ4n) is 3.46. The van der Waals surface area contributed by atoms with Gasteiger partial charge in [-0.3, -0.25) is 0 Å². The van der Waals surface area contributed by atoms with Crippen LogP contribution in [-0.2, 0) is 22.4 Å². The zero-order valence-corrected chi connectivity index (χ0v) is 18.1. The first-order valence-corrected chi connectivity index (χ1v) is 10.8. The van der Waals surface area contributed by atoms with Crippen molar-refractivity contribution < 1.29 is 23.8 Å². The van der Waals surface area contributed by atoms with E-state index in [1.54, 1.807) is 11.3 Å². The fraction of sp³-hybridized carbons (Fsp3) is 0.250. The number of hydrogen-bond donors (Lipinski definition) is 1. The highest BCUT2D eigenvalue weighted by molar-refractivity contribution is 7.17. The predicted molar refractivity (Wildman–Crippen MR) is 120 cm³/mol. The van der Waals surface area contributed by atoms with E-state index in [9.17, 15) is 9.90 Å². The van der Waals surface area contributed by atoms with E-state index in [1.165, 1.54) is 7.11 Å². The monoisotopic (exact) mass is 437 g/mol. The minimum Gasteiger partial charge on any atom is -0.493 e. The summed E-state index contributed by atoms with van der Waals surface area (Å²) in [6.07, 6.45) is -0.00698. The smallest absolute Gasteiger partial charge is 0.333 e. The maximum Gasteiger partial charge on any atom is 0.333 e. The number of carbonyl (C=O) groups is 1. The van der Waals surface area contributed by atoms with Gasteiger partial charge in [0, 0.05) is 30.2 Å². The summed E-state index contributed by atoms with van der Waals surface area (Å²) in [5.41, 5.74) is 2.71. The summed E-state index contributed by atoms with van der Waals surface area (Å²) >= 11 is 1.58. The van der Waals surface area contributed by atoms with Crippen LogP contribution in [0.25, 0.3) is 21.5 Å². The fourth-order valence-corrected chi connectivity index (χ4v) is 4.37. The van der Waals surface area contributed by atoms with Gasteiger partial charge < -0.3 is 19.0 Å². The third-order valence-corrected chi connectivity index (χ3v) is 6.09. The Labute approximate surface area is 184 Å². The maximum atomic E-state index is 11.4. The number of carboxylic acid groups (broad SMARTS) is 1. The van der Waals surface area contributed by atoms with Crippen molar-refractivity contribution in [2.24, 2.45) is 0 Å². The molecule has 0 aliphatic heterocycles. The van der Waals surface area contributed by atoms with E-state index in [-0.39, 0.29) is 6.42 Å². The minimum atomic E-state index is -0.978. The average Bonchev–Trinajstić information content (AvgIpc) is 3.39. The van der Waals surface area contributed by atoms with Gasteiger partial charge in [0.15, 0.2) is 6.10 Å². The standard InChI is InChI=1S/C24H23NO5S/c1-15-20(25-23(30-15)16-6-4-3-5-7-16)8-10-29-19-12-17-9-11-31-22(17)18(13-19)14-21(28-2)24(26)27/h3-7,9,11-13,21H,8,10,14H2,1-2H3,(H,26,27). The molecule has 0 aliphatic rings. The van der Waals surface area contributed by atoms with Crippen LogP contribution in [-0.4, -0.2) is 35.9 Å². The van der Waals surface area contributed by atoms with Crippen molar-refractivity contribution in [3.63, 3.8) is 0 Å². The number of hydrogen-bond acceptors (Lipinski definition) is 6. The van der Waals surface area contributed by atoms with Crippen LogP contribution in [0.4, 0.5) is 0 Å². The van der Waals surface area contributed by atoms with Gasteiger partial charge >= 0.3 is 5.97 Å². The zero-order valence-electron chi connectivity index (χ0n) is 17.3. The lowest BCUT2D eigenvalue weighted by Gasteiger charge is -2.13. The van der Waals surface area contributed by atoms with Gasteiger partial charge in [0.25, 0.3) is 0 Å². The summed E-state index contributed by atoms with van der Waals surface area (Å²) in [6.45, 7) is 2.34. The molecule has 31 heavy (non-hydrogen) atoms. The van der Waals surface area contributed by atoms with Gasteiger partial charge in [0.1, 0.15) is 11.5 Å². The van der Waals surface area contributed by atoms with Gasteiger partial charge in [-0.25, -0.2) is 9.78 Å². The first kappa shape index (κ1) is 21.1. The molecule has 0 aliphatic carbocycles. The number of aryl methyl sites for hydroxylation is 1. The van der Waals surface area contributed by atoms with Crippen molar-refractivity contribution in [1.82, 2.24) is 4.98 Å². The second kappa shape index (κ2) is 9.32. The molecule has 0 amide bonds. The molecule has 4 rings (SSSR count). The van der Waals surface area contributed by atoms with Gasteiger partial charge in [-0.2, -0.15) is 0 Å². The Balaban J connectivity index is 1.47. The lowest BCUT2D eigenvalue weighted by atomic mass is 10.1. The Kier molecular flexibility index (Phi) is 6.34. The molecule has 0 radical (unpaired) electrons. The zero-order chi connectivity index (χ0) is 21.8. The summed E-state index contributed by atoms with van der Waals surface area (Å²) in [7, 11) is 1.41. The molecule has 1 N–H and O–H groups in total. The average molecular weight is 438 g/mol.